The highest BCUT2D eigenvalue weighted by molar-refractivity contribution is 7.92. The van der Waals surface area contributed by atoms with E-state index in [1.807, 2.05) is 58.0 Å². The van der Waals surface area contributed by atoms with Crippen LogP contribution in [0.1, 0.15) is 38.8 Å². The van der Waals surface area contributed by atoms with Crippen LogP contribution in [0.4, 0.5) is 10.1 Å². The first-order chi connectivity index (χ1) is 22.3. The summed E-state index contributed by atoms with van der Waals surface area (Å²) in [6.45, 7) is 7.05. The molecule has 248 valence electrons. The lowest BCUT2D eigenvalue weighted by Gasteiger charge is -2.35. The average molecular weight is 680 g/mol. The van der Waals surface area contributed by atoms with E-state index in [9.17, 15) is 22.4 Å². The van der Waals surface area contributed by atoms with Crippen molar-refractivity contribution in [3.8, 4) is 5.75 Å². The zero-order chi connectivity index (χ0) is 34.2. The molecule has 2 amide bonds. The number of rotatable bonds is 13. The van der Waals surface area contributed by atoms with Crippen LogP contribution >= 0.6 is 11.6 Å². The van der Waals surface area contributed by atoms with E-state index >= 15 is 0 Å². The zero-order valence-corrected chi connectivity index (χ0v) is 28.4. The molecule has 0 unspecified atom stereocenters. The number of amides is 2. The van der Waals surface area contributed by atoms with Crippen molar-refractivity contribution >= 4 is 39.1 Å². The Kier molecular flexibility index (Phi) is 11.7. The van der Waals surface area contributed by atoms with Gasteiger partial charge < -0.3 is 15.0 Å². The molecule has 4 aromatic rings. The van der Waals surface area contributed by atoms with E-state index in [1.54, 1.807) is 24.3 Å². The molecule has 0 heterocycles. The van der Waals surface area contributed by atoms with Crippen molar-refractivity contribution in [3.05, 3.63) is 125 Å². The fraction of sp³-hybridized carbons (Fsp3) is 0.278. The molecule has 0 aromatic heterocycles. The van der Waals surface area contributed by atoms with E-state index in [1.165, 1.54) is 53.4 Å². The fourth-order valence-corrected chi connectivity index (χ4v) is 6.47. The molecule has 1 N–H and O–H groups in total. The minimum Gasteiger partial charge on any atom is -0.494 e. The van der Waals surface area contributed by atoms with Crippen molar-refractivity contribution in [2.24, 2.45) is 0 Å². The average Bonchev–Trinajstić information content (AvgIpc) is 3.03. The Labute approximate surface area is 281 Å². The minimum atomic E-state index is -4.30. The molecule has 11 heteroatoms. The second-order valence-corrected chi connectivity index (χ2v) is 14.3. The maximum absolute atomic E-state index is 14.5. The molecule has 0 fully saturated rings. The molecule has 0 bridgehead atoms. The molecular formula is C36H39ClFN3O5S. The molecule has 0 radical (unpaired) electrons. The van der Waals surface area contributed by atoms with Crippen molar-refractivity contribution in [2.45, 2.75) is 57.1 Å². The van der Waals surface area contributed by atoms with Crippen LogP contribution in [0.2, 0.25) is 5.02 Å². The molecule has 4 rings (SSSR count). The molecule has 4 aromatic carbocycles. The molecule has 0 aliphatic rings. The number of sulfonamides is 1. The summed E-state index contributed by atoms with van der Waals surface area (Å²) in [7, 11) is -4.30. The molecule has 1 atom stereocenters. The molecule has 0 spiro atoms. The van der Waals surface area contributed by atoms with Gasteiger partial charge in [0.05, 0.1) is 17.2 Å². The van der Waals surface area contributed by atoms with Gasteiger partial charge in [-0.15, -0.1) is 0 Å². The number of hydrogen-bond acceptors (Lipinski definition) is 5. The molecule has 0 saturated carbocycles. The number of nitrogens with zero attached hydrogens (tertiary/aromatic N) is 2. The summed E-state index contributed by atoms with van der Waals surface area (Å²) in [6.07, 6.45) is 0.155. The number of carbonyl (C=O) groups is 2. The van der Waals surface area contributed by atoms with Gasteiger partial charge in [0.2, 0.25) is 11.8 Å². The van der Waals surface area contributed by atoms with Crippen molar-refractivity contribution in [2.75, 3.05) is 17.5 Å². The summed E-state index contributed by atoms with van der Waals surface area (Å²) >= 11 is 6.05. The number of halogens is 2. The van der Waals surface area contributed by atoms with Gasteiger partial charge in [-0.05, 0) is 99.5 Å². The Morgan fingerprint density at radius 2 is 1.49 bits per heavy atom. The number of benzene rings is 4. The van der Waals surface area contributed by atoms with Gasteiger partial charge >= 0.3 is 0 Å². The van der Waals surface area contributed by atoms with Crippen LogP contribution in [0.5, 0.6) is 5.75 Å². The summed E-state index contributed by atoms with van der Waals surface area (Å²) < 4.78 is 48.7. The molecule has 0 saturated heterocycles. The van der Waals surface area contributed by atoms with E-state index in [4.69, 9.17) is 16.3 Å². The van der Waals surface area contributed by atoms with Gasteiger partial charge in [0.25, 0.3) is 10.0 Å². The number of nitrogens with one attached hydrogen (secondary N) is 1. The van der Waals surface area contributed by atoms with Gasteiger partial charge in [-0.2, -0.15) is 0 Å². The maximum Gasteiger partial charge on any atom is 0.264 e. The maximum atomic E-state index is 14.5. The quantitative estimate of drug-likeness (QED) is 0.171. The van der Waals surface area contributed by atoms with E-state index in [0.717, 1.165) is 9.87 Å². The number of ether oxygens (including phenoxy) is 1. The smallest absolute Gasteiger partial charge is 0.264 e. The highest BCUT2D eigenvalue weighted by Crippen LogP contribution is 2.28. The monoisotopic (exact) mass is 679 g/mol. The summed E-state index contributed by atoms with van der Waals surface area (Å²) in [5, 5.41) is 3.34. The summed E-state index contributed by atoms with van der Waals surface area (Å²) in [4.78, 5) is 29.7. The van der Waals surface area contributed by atoms with Gasteiger partial charge in [0, 0.05) is 23.5 Å². The topological polar surface area (TPSA) is 96.0 Å². The summed E-state index contributed by atoms with van der Waals surface area (Å²) in [6, 6.07) is 25.9. The van der Waals surface area contributed by atoms with Crippen molar-refractivity contribution in [1.29, 1.82) is 0 Å². The number of hydrogen-bond donors (Lipinski definition) is 1. The molecule has 0 aliphatic carbocycles. The SMILES string of the molecule is CCOc1ccc(N(CC(=O)N(Cc2ccc(F)cc2)[C@@H](Cc2ccccc2)C(=O)NC(C)(C)C)S(=O)(=O)c2ccc(Cl)cc2)cc1. The Balaban J connectivity index is 1.81. The predicted molar refractivity (Wildman–Crippen MR) is 182 cm³/mol. The lowest BCUT2D eigenvalue weighted by atomic mass is 10.0. The molecule has 47 heavy (non-hydrogen) atoms. The van der Waals surface area contributed by atoms with Gasteiger partial charge in [-0.25, -0.2) is 12.8 Å². The Morgan fingerprint density at radius 1 is 0.872 bits per heavy atom. The van der Waals surface area contributed by atoms with Crippen LogP contribution in [0.15, 0.2) is 108 Å². The highest BCUT2D eigenvalue weighted by Gasteiger charge is 2.35. The first kappa shape index (κ1) is 35.4. The first-order valence-corrected chi connectivity index (χ1v) is 17.0. The molecule has 0 aliphatic heterocycles. The van der Waals surface area contributed by atoms with Crippen LogP contribution in [-0.4, -0.2) is 49.9 Å². The van der Waals surface area contributed by atoms with Crippen LogP contribution in [-0.2, 0) is 32.6 Å². The largest absolute Gasteiger partial charge is 0.494 e. The van der Waals surface area contributed by atoms with E-state index in [0.29, 0.717) is 22.9 Å². The second-order valence-electron chi connectivity index (χ2n) is 12.0. The van der Waals surface area contributed by atoms with Gasteiger partial charge in [-0.1, -0.05) is 54.1 Å². The summed E-state index contributed by atoms with van der Waals surface area (Å²) in [5.74, 6) is -0.962. The zero-order valence-electron chi connectivity index (χ0n) is 26.8. The van der Waals surface area contributed by atoms with E-state index < -0.39 is 45.8 Å². The van der Waals surface area contributed by atoms with Crippen LogP contribution in [0.25, 0.3) is 0 Å². The normalized spacial score (nSPS) is 12.2. The van der Waals surface area contributed by atoms with Crippen molar-refractivity contribution in [1.82, 2.24) is 10.2 Å². The van der Waals surface area contributed by atoms with E-state index in [2.05, 4.69) is 5.32 Å². The fourth-order valence-electron chi connectivity index (χ4n) is 4.93. The number of anilines is 1. The minimum absolute atomic E-state index is 0.0695. The lowest BCUT2D eigenvalue weighted by molar-refractivity contribution is -0.140. The molecular weight excluding hydrogens is 641 g/mol. The third kappa shape index (κ3) is 9.79. The Morgan fingerprint density at radius 3 is 2.06 bits per heavy atom. The molecule has 8 nitrogen and oxygen atoms in total. The second kappa shape index (κ2) is 15.5. The van der Waals surface area contributed by atoms with Gasteiger partial charge in [0.1, 0.15) is 24.2 Å². The number of carbonyl (C=O) groups excluding carboxylic acids is 2. The third-order valence-corrected chi connectivity index (χ3v) is 9.19. The van der Waals surface area contributed by atoms with Crippen LogP contribution in [0.3, 0.4) is 0 Å². The Hall–Kier alpha value is -4.41. The van der Waals surface area contributed by atoms with Gasteiger partial charge in [0.15, 0.2) is 0 Å². The van der Waals surface area contributed by atoms with Crippen molar-refractivity contribution < 1.29 is 27.1 Å². The first-order valence-electron chi connectivity index (χ1n) is 15.2. The van der Waals surface area contributed by atoms with Crippen LogP contribution < -0.4 is 14.4 Å². The Bertz CT molecular complexity index is 1750. The van der Waals surface area contributed by atoms with E-state index in [-0.39, 0.29) is 23.5 Å². The highest BCUT2D eigenvalue weighted by atomic mass is 35.5. The van der Waals surface area contributed by atoms with Crippen molar-refractivity contribution in [3.63, 3.8) is 0 Å². The lowest BCUT2D eigenvalue weighted by Crippen LogP contribution is -2.56. The third-order valence-electron chi connectivity index (χ3n) is 7.15. The van der Waals surface area contributed by atoms with Crippen LogP contribution in [0, 0.1) is 5.82 Å². The van der Waals surface area contributed by atoms with Gasteiger partial charge in [-0.3, -0.25) is 13.9 Å². The standard InChI is InChI=1S/C36H39ClFN3O5S/c1-5-46-31-19-17-30(18-20-31)41(47(44,45)32-21-13-28(37)14-22-32)25-34(42)40(24-27-11-15-29(38)16-12-27)33(35(43)39-36(2,3)4)23-26-9-7-6-8-10-26/h6-22,33H,5,23-25H2,1-4H3,(H,39,43)/t33-/m0/s1. The predicted octanol–water partition coefficient (Wildman–Crippen LogP) is 6.63. The summed E-state index contributed by atoms with van der Waals surface area (Å²) in [5.41, 5.74) is 0.963.